The predicted octanol–water partition coefficient (Wildman–Crippen LogP) is 3.83. The van der Waals surface area contributed by atoms with Crippen molar-refractivity contribution in [3.63, 3.8) is 0 Å². The first-order valence-corrected chi connectivity index (χ1v) is 11.3. The Balaban J connectivity index is 1.71. The average Bonchev–Trinajstić information content (AvgIpc) is 3.00. The lowest BCUT2D eigenvalue weighted by molar-refractivity contribution is -0.154. The molecule has 3 aliphatic rings. The Morgan fingerprint density at radius 1 is 1.30 bits per heavy atom. The number of carbonyl (C=O) groups is 1. The van der Waals surface area contributed by atoms with E-state index in [1.54, 1.807) is 13.8 Å². The highest BCUT2D eigenvalue weighted by molar-refractivity contribution is 5.74. The van der Waals surface area contributed by atoms with Crippen molar-refractivity contribution in [2.24, 2.45) is 17.3 Å². The molecule has 0 aliphatic heterocycles. The molecule has 5 heteroatoms. The molecular weight excluding hydrogens is 380 g/mol. The van der Waals surface area contributed by atoms with Crippen molar-refractivity contribution in [2.45, 2.75) is 89.9 Å². The zero-order chi connectivity index (χ0) is 22.1. The molecule has 0 saturated heterocycles. The number of aliphatic hydroxyl groups is 3. The molecule has 0 aromatic carbocycles. The van der Waals surface area contributed by atoms with Gasteiger partial charge in [-0.15, -0.1) is 0 Å². The number of rotatable bonds is 5. The van der Waals surface area contributed by atoms with Crippen LogP contribution < -0.4 is 0 Å². The Bertz CT molecular complexity index is 728. The fourth-order valence-electron chi connectivity index (χ4n) is 5.59. The molecule has 3 saturated carbocycles. The summed E-state index contributed by atoms with van der Waals surface area (Å²) in [5.41, 5.74) is 2.04. The van der Waals surface area contributed by atoms with E-state index in [1.807, 2.05) is 6.08 Å². The molecule has 30 heavy (non-hydrogen) atoms. The molecule has 3 N–H and O–H groups in total. The third-order valence-corrected chi connectivity index (χ3v) is 7.47. The van der Waals surface area contributed by atoms with Crippen molar-refractivity contribution in [2.75, 3.05) is 6.61 Å². The van der Waals surface area contributed by atoms with E-state index in [9.17, 15) is 20.1 Å². The van der Waals surface area contributed by atoms with Gasteiger partial charge in [-0.2, -0.15) is 0 Å². The summed E-state index contributed by atoms with van der Waals surface area (Å²) in [6.45, 7) is 9.91. The summed E-state index contributed by atoms with van der Waals surface area (Å²) in [5, 5.41) is 29.9. The van der Waals surface area contributed by atoms with Gasteiger partial charge in [0.2, 0.25) is 0 Å². The Morgan fingerprint density at radius 3 is 2.73 bits per heavy atom. The van der Waals surface area contributed by atoms with Gasteiger partial charge in [0, 0.05) is 12.8 Å². The van der Waals surface area contributed by atoms with Crippen molar-refractivity contribution < 1.29 is 24.9 Å². The minimum atomic E-state index is -0.832. The van der Waals surface area contributed by atoms with Gasteiger partial charge in [-0.1, -0.05) is 31.2 Å². The summed E-state index contributed by atoms with van der Waals surface area (Å²) in [6.07, 6.45) is 9.16. The van der Waals surface area contributed by atoms with E-state index >= 15 is 0 Å². The van der Waals surface area contributed by atoms with Crippen LogP contribution in [0, 0.1) is 17.3 Å². The van der Waals surface area contributed by atoms with Gasteiger partial charge >= 0.3 is 5.97 Å². The van der Waals surface area contributed by atoms with E-state index < -0.39 is 17.8 Å². The monoisotopic (exact) mass is 418 g/mol. The van der Waals surface area contributed by atoms with Crippen LogP contribution in [0.1, 0.15) is 72.1 Å². The molecule has 5 atom stereocenters. The summed E-state index contributed by atoms with van der Waals surface area (Å²) >= 11 is 0. The SMILES string of the molecule is C=C1/C(=C\C=C2/CCC[C@]3(C)[C@@H](C(=O)OCCC(C)(C)O)CC[C@@H]23)C[C@@H](O)C[C@@H]1O. The van der Waals surface area contributed by atoms with E-state index in [0.29, 0.717) is 30.8 Å². The van der Waals surface area contributed by atoms with Gasteiger partial charge in [0.05, 0.1) is 30.3 Å². The van der Waals surface area contributed by atoms with Crippen molar-refractivity contribution in [1.82, 2.24) is 0 Å². The van der Waals surface area contributed by atoms with Crippen molar-refractivity contribution >= 4 is 5.97 Å². The molecule has 0 spiro atoms. The molecule has 0 radical (unpaired) electrons. The van der Waals surface area contributed by atoms with Gasteiger partial charge in [0.25, 0.3) is 0 Å². The summed E-state index contributed by atoms with van der Waals surface area (Å²) in [5.74, 6) is 0.117. The van der Waals surface area contributed by atoms with Crippen LogP contribution in [0.15, 0.2) is 35.5 Å². The first kappa shape index (κ1) is 23.2. The number of fused-ring (bicyclic) bond motifs is 1. The molecule has 3 aliphatic carbocycles. The molecule has 3 fully saturated rings. The second kappa shape index (κ2) is 8.97. The highest BCUT2D eigenvalue weighted by Gasteiger charge is 2.52. The van der Waals surface area contributed by atoms with E-state index in [1.165, 1.54) is 5.57 Å². The van der Waals surface area contributed by atoms with E-state index in [0.717, 1.165) is 37.7 Å². The highest BCUT2D eigenvalue weighted by Crippen LogP contribution is 2.57. The summed E-state index contributed by atoms with van der Waals surface area (Å²) < 4.78 is 5.55. The Labute approximate surface area is 180 Å². The number of esters is 1. The van der Waals surface area contributed by atoms with E-state index in [-0.39, 0.29) is 23.9 Å². The molecule has 0 heterocycles. The van der Waals surface area contributed by atoms with Gasteiger partial charge in [0.15, 0.2) is 0 Å². The Morgan fingerprint density at radius 2 is 2.03 bits per heavy atom. The van der Waals surface area contributed by atoms with Gasteiger partial charge in [0.1, 0.15) is 0 Å². The fraction of sp³-hybridized carbons (Fsp3) is 0.720. The minimum absolute atomic E-state index is 0.100. The first-order valence-electron chi connectivity index (χ1n) is 11.3. The standard InChI is InChI=1S/C25H38O5/c1-16-18(14-19(26)15-22(16)27)8-7-17-6-5-11-25(4)20(17)9-10-21(25)23(28)30-13-12-24(2,3)29/h7-8,19-22,26-27,29H,1,5-6,9-15H2,2-4H3/b17-7+,18-8-/t19-,20+,21-,22+,25+/m1/s1. The fourth-order valence-corrected chi connectivity index (χ4v) is 5.59. The second-order valence-corrected chi connectivity index (χ2v) is 10.3. The quantitative estimate of drug-likeness (QED) is 0.591. The molecule has 0 amide bonds. The molecule has 0 bridgehead atoms. The van der Waals surface area contributed by atoms with E-state index in [2.05, 4.69) is 19.6 Å². The van der Waals surface area contributed by atoms with Gasteiger partial charge < -0.3 is 20.1 Å². The number of allylic oxidation sites excluding steroid dienone is 3. The topological polar surface area (TPSA) is 87.0 Å². The first-order chi connectivity index (χ1) is 14.0. The summed E-state index contributed by atoms with van der Waals surface area (Å²) in [6, 6.07) is 0. The third-order valence-electron chi connectivity index (χ3n) is 7.47. The van der Waals surface area contributed by atoms with Gasteiger partial charge in [-0.3, -0.25) is 4.79 Å². The van der Waals surface area contributed by atoms with Crippen LogP contribution in [0.2, 0.25) is 0 Å². The number of hydrogen-bond donors (Lipinski definition) is 3. The van der Waals surface area contributed by atoms with E-state index in [4.69, 9.17) is 4.74 Å². The maximum atomic E-state index is 12.8. The minimum Gasteiger partial charge on any atom is -0.465 e. The second-order valence-electron chi connectivity index (χ2n) is 10.3. The van der Waals surface area contributed by atoms with Gasteiger partial charge in [-0.05, 0) is 74.9 Å². The molecule has 0 aromatic heterocycles. The average molecular weight is 419 g/mol. The third kappa shape index (κ3) is 5.06. The zero-order valence-electron chi connectivity index (χ0n) is 18.7. The number of carbonyl (C=O) groups excluding carboxylic acids is 1. The van der Waals surface area contributed by atoms with Gasteiger partial charge in [-0.25, -0.2) is 0 Å². The van der Waals surface area contributed by atoms with Crippen LogP contribution in [-0.2, 0) is 9.53 Å². The lowest BCUT2D eigenvalue weighted by Gasteiger charge is -2.41. The smallest absolute Gasteiger partial charge is 0.309 e. The Kier molecular flexibility index (Phi) is 6.95. The Hall–Kier alpha value is -1.43. The predicted molar refractivity (Wildman–Crippen MR) is 117 cm³/mol. The molecule has 3 rings (SSSR count). The largest absolute Gasteiger partial charge is 0.465 e. The van der Waals surface area contributed by atoms with Crippen LogP contribution in [0.5, 0.6) is 0 Å². The molecular formula is C25H38O5. The molecule has 168 valence electrons. The van der Waals surface area contributed by atoms with Crippen molar-refractivity contribution in [1.29, 1.82) is 0 Å². The van der Waals surface area contributed by atoms with Crippen LogP contribution >= 0.6 is 0 Å². The van der Waals surface area contributed by atoms with Crippen LogP contribution in [0.25, 0.3) is 0 Å². The van der Waals surface area contributed by atoms with Crippen LogP contribution in [-0.4, -0.2) is 45.7 Å². The van der Waals surface area contributed by atoms with Crippen molar-refractivity contribution in [3.05, 3.63) is 35.5 Å². The number of aliphatic hydroxyl groups excluding tert-OH is 2. The zero-order valence-corrected chi connectivity index (χ0v) is 18.7. The van der Waals surface area contributed by atoms with Crippen molar-refractivity contribution in [3.8, 4) is 0 Å². The normalized spacial score (nSPS) is 37.5. The number of hydrogen-bond acceptors (Lipinski definition) is 5. The lowest BCUT2D eigenvalue weighted by atomic mass is 9.63. The maximum absolute atomic E-state index is 12.8. The molecule has 0 aromatic rings. The lowest BCUT2D eigenvalue weighted by Crippen LogP contribution is -2.38. The summed E-state index contributed by atoms with van der Waals surface area (Å²) in [7, 11) is 0. The summed E-state index contributed by atoms with van der Waals surface area (Å²) in [4.78, 5) is 12.8. The van der Waals surface area contributed by atoms with Crippen LogP contribution in [0.3, 0.4) is 0 Å². The molecule has 0 unspecified atom stereocenters. The highest BCUT2D eigenvalue weighted by atomic mass is 16.5. The van der Waals surface area contributed by atoms with Crippen LogP contribution in [0.4, 0.5) is 0 Å². The number of ether oxygens (including phenoxy) is 1. The maximum Gasteiger partial charge on any atom is 0.309 e. The molecule has 5 nitrogen and oxygen atoms in total.